The molecule has 0 radical (unpaired) electrons. The predicted molar refractivity (Wildman–Crippen MR) is 33.6 cm³/mol. The standard InChI is InChI=1S/C7H11NO/c1-2-7(9)3-6(4-7)5-8/h6,9H,2-4H2,1H3/t6-,7-. The first-order chi connectivity index (χ1) is 4.20. The van der Waals surface area contributed by atoms with Gasteiger partial charge in [0.25, 0.3) is 0 Å². The van der Waals surface area contributed by atoms with Crippen LogP contribution in [0.25, 0.3) is 0 Å². The molecule has 1 rings (SSSR count). The molecule has 0 spiro atoms. The van der Waals surface area contributed by atoms with Crippen LogP contribution in [0, 0.1) is 17.2 Å². The fourth-order valence-corrected chi connectivity index (χ4v) is 1.24. The van der Waals surface area contributed by atoms with Crippen molar-refractivity contribution in [3.8, 4) is 6.07 Å². The number of nitrogens with zero attached hydrogens (tertiary/aromatic N) is 1. The maximum absolute atomic E-state index is 9.37. The second-order valence-corrected chi connectivity index (χ2v) is 2.81. The fraction of sp³-hybridized carbons (Fsp3) is 0.857. The summed E-state index contributed by atoms with van der Waals surface area (Å²) in [6.45, 7) is 1.95. The predicted octanol–water partition coefficient (Wildman–Crippen LogP) is 1.06. The third kappa shape index (κ3) is 1.06. The first-order valence-corrected chi connectivity index (χ1v) is 3.32. The number of nitriles is 1. The van der Waals surface area contributed by atoms with E-state index in [0.717, 1.165) is 6.42 Å². The molecule has 0 aliphatic heterocycles. The zero-order valence-corrected chi connectivity index (χ0v) is 5.59. The molecule has 1 aliphatic carbocycles. The van der Waals surface area contributed by atoms with Crippen LogP contribution in [0.15, 0.2) is 0 Å². The summed E-state index contributed by atoms with van der Waals surface area (Å²) < 4.78 is 0. The maximum Gasteiger partial charge on any atom is 0.0670 e. The Hall–Kier alpha value is -0.550. The molecule has 2 heteroatoms. The molecule has 0 saturated heterocycles. The first kappa shape index (κ1) is 6.57. The lowest BCUT2D eigenvalue weighted by Gasteiger charge is -2.39. The highest BCUT2D eigenvalue weighted by molar-refractivity contribution is 5.02. The van der Waals surface area contributed by atoms with E-state index >= 15 is 0 Å². The monoisotopic (exact) mass is 125 g/mol. The molecule has 1 N–H and O–H groups in total. The van der Waals surface area contributed by atoms with Gasteiger partial charge in [-0.3, -0.25) is 0 Å². The van der Waals surface area contributed by atoms with Gasteiger partial charge in [-0.05, 0) is 19.3 Å². The van der Waals surface area contributed by atoms with Crippen LogP contribution in [-0.2, 0) is 0 Å². The van der Waals surface area contributed by atoms with E-state index in [2.05, 4.69) is 6.07 Å². The summed E-state index contributed by atoms with van der Waals surface area (Å²) in [4.78, 5) is 0. The average Bonchev–Trinajstić information content (AvgIpc) is 1.81. The number of hydrogen-bond acceptors (Lipinski definition) is 2. The normalized spacial score (nSPS) is 41.2. The van der Waals surface area contributed by atoms with Gasteiger partial charge in [0.15, 0.2) is 0 Å². The van der Waals surface area contributed by atoms with E-state index in [9.17, 15) is 5.11 Å². The first-order valence-electron chi connectivity index (χ1n) is 3.32. The van der Waals surface area contributed by atoms with Crippen molar-refractivity contribution in [1.29, 1.82) is 5.26 Å². The number of aliphatic hydroxyl groups is 1. The average molecular weight is 125 g/mol. The molecule has 0 bridgehead atoms. The van der Waals surface area contributed by atoms with Crippen LogP contribution in [0.4, 0.5) is 0 Å². The topological polar surface area (TPSA) is 44.0 Å². The summed E-state index contributed by atoms with van der Waals surface area (Å²) in [5, 5.41) is 17.7. The second-order valence-electron chi connectivity index (χ2n) is 2.81. The van der Waals surface area contributed by atoms with Crippen molar-refractivity contribution in [2.24, 2.45) is 5.92 Å². The van der Waals surface area contributed by atoms with Crippen molar-refractivity contribution < 1.29 is 5.11 Å². The van der Waals surface area contributed by atoms with Crippen molar-refractivity contribution in [1.82, 2.24) is 0 Å². The van der Waals surface area contributed by atoms with E-state index < -0.39 is 5.60 Å². The molecule has 1 saturated carbocycles. The van der Waals surface area contributed by atoms with Gasteiger partial charge in [0, 0.05) is 0 Å². The van der Waals surface area contributed by atoms with Crippen LogP contribution in [0.3, 0.4) is 0 Å². The summed E-state index contributed by atoms with van der Waals surface area (Å²) in [5.41, 5.74) is -0.486. The lowest BCUT2D eigenvalue weighted by molar-refractivity contribution is -0.0591. The van der Waals surface area contributed by atoms with Crippen molar-refractivity contribution in [2.45, 2.75) is 31.8 Å². The molecule has 1 fully saturated rings. The summed E-state index contributed by atoms with van der Waals surface area (Å²) in [6.07, 6.45) is 2.14. The molecular formula is C7H11NO. The van der Waals surface area contributed by atoms with Gasteiger partial charge in [0.1, 0.15) is 0 Å². The fourth-order valence-electron chi connectivity index (χ4n) is 1.24. The van der Waals surface area contributed by atoms with Crippen molar-refractivity contribution in [2.75, 3.05) is 0 Å². The molecule has 0 aromatic carbocycles. The Morgan fingerprint density at radius 2 is 2.33 bits per heavy atom. The van der Waals surface area contributed by atoms with E-state index in [1.54, 1.807) is 0 Å². The minimum Gasteiger partial charge on any atom is -0.390 e. The molecule has 9 heavy (non-hydrogen) atoms. The number of hydrogen-bond donors (Lipinski definition) is 1. The highest BCUT2D eigenvalue weighted by atomic mass is 16.3. The molecule has 0 atom stereocenters. The Bertz CT molecular complexity index is 141. The zero-order valence-electron chi connectivity index (χ0n) is 5.59. The Morgan fingerprint density at radius 3 is 2.67 bits per heavy atom. The molecule has 0 aromatic heterocycles. The van der Waals surface area contributed by atoms with Crippen LogP contribution in [-0.4, -0.2) is 10.7 Å². The Labute approximate surface area is 55.1 Å². The van der Waals surface area contributed by atoms with E-state index in [-0.39, 0.29) is 5.92 Å². The Balaban J connectivity index is 2.34. The van der Waals surface area contributed by atoms with Crippen LogP contribution in [0.5, 0.6) is 0 Å². The molecule has 0 heterocycles. The molecule has 0 amide bonds. The minimum absolute atomic E-state index is 0.120. The van der Waals surface area contributed by atoms with Crippen molar-refractivity contribution in [3.05, 3.63) is 0 Å². The Kier molecular flexibility index (Phi) is 1.46. The summed E-state index contributed by atoms with van der Waals surface area (Å²) >= 11 is 0. The van der Waals surface area contributed by atoms with Crippen molar-refractivity contribution in [3.63, 3.8) is 0 Å². The molecule has 2 nitrogen and oxygen atoms in total. The molecule has 0 unspecified atom stereocenters. The van der Waals surface area contributed by atoms with Crippen LogP contribution in [0.2, 0.25) is 0 Å². The SMILES string of the molecule is CC[C@]1(O)C[C@H](C#N)C1. The zero-order chi connectivity index (χ0) is 6.91. The summed E-state index contributed by atoms with van der Waals surface area (Å²) in [6, 6.07) is 2.13. The van der Waals surface area contributed by atoms with Crippen molar-refractivity contribution >= 4 is 0 Å². The largest absolute Gasteiger partial charge is 0.390 e. The van der Waals surface area contributed by atoms with Gasteiger partial charge in [-0.25, -0.2) is 0 Å². The van der Waals surface area contributed by atoms with Gasteiger partial charge in [-0.15, -0.1) is 0 Å². The lowest BCUT2D eigenvalue weighted by Crippen LogP contribution is -2.42. The molecule has 1 aliphatic rings. The summed E-state index contributed by atoms with van der Waals surface area (Å²) in [5.74, 6) is 0.120. The van der Waals surface area contributed by atoms with Gasteiger partial charge in [0.2, 0.25) is 0 Å². The molecule has 0 aromatic rings. The van der Waals surface area contributed by atoms with Gasteiger partial charge >= 0.3 is 0 Å². The maximum atomic E-state index is 9.37. The van der Waals surface area contributed by atoms with E-state index in [1.807, 2.05) is 6.92 Å². The molecule has 50 valence electrons. The minimum atomic E-state index is -0.486. The summed E-state index contributed by atoms with van der Waals surface area (Å²) in [7, 11) is 0. The van der Waals surface area contributed by atoms with E-state index in [0.29, 0.717) is 12.8 Å². The second kappa shape index (κ2) is 2.00. The highest BCUT2D eigenvalue weighted by Gasteiger charge is 2.40. The highest BCUT2D eigenvalue weighted by Crippen LogP contribution is 2.39. The van der Waals surface area contributed by atoms with Gasteiger partial charge < -0.3 is 5.11 Å². The Morgan fingerprint density at radius 1 is 1.78 bits per heavy atom. The number of rotatable bonds is 1. The van der Waals surface area contributed by atoms with Gasteiger partial charge in [-0.1, -0.05) is 6.92 Å². The van der Waals surface area contributed by atoms with Gasteiger partial charge in [-0.2, -0.15) is 5.26 Å². The van der Waals surface area contributed by atoms with Crippen LogP contribution in [0.1, 0.15) is 26.2 Å². The molecular weight excluding hydrogens is 114 g/mol. The van der Waals surface area contributed by atoms with E-state index in [4.69, 9.17) is 5.26 Å². The third-order valence-electron chi connectivity index (χ3n) is 2.09. The van der Waals surface area contributed by atoms with Crippen LogP contribution < -0.4 is 0 Å². The third-order valence-corrected chi connectivity index (χ3v) is 2.09. The lowest BCUT2D eigenvalue weighted by atomic mass is 9.70. The smallest absolute Gasteiger partial charge is 0.0670 e. The quantitative estimate of drug-likeness (QED) is 0.569. The van der Waals surface area contributed by atoms with E-state index in [1.165, 1.54) is 0 Å². The van der Waals surface area contributed by atoms with Gasteiger partial charge in [0.05, 0.1) is 17.6 Å². The van der Waals surface area contributed by atoms with Crippen LogP contribution >= 0.6 is 0 Å².